The zero-order chi connectivity index (χ0) is 17.3. The minimum Gasteiger partial charge on any atom is -0.508 e. The van der Waals surface area contributed by atoms with Crippen molar-refractivity contribution >= 4 is 32.3 Å². The van der Waals surface area contributed by atoms with Crippen LogP contribution in [0.1, 0.15) is 5.56 Å². The molecule has 3 aromatic carbocycles. The molecule has 25 heavy (non-hydrogen) atoms. The zero-order valence-corrected chi connectivity index (χ0v) is 16.5. The average Bonchev–Trinajstić information content (AvgIpc) is 2.54. The van der Waals surface area contributed by atoms with Crippen molar-refractivity contribution in [1.29, 1.82) is 0 Å². The molecule has 0 amide bonds. The number of phenolic OH excluding ortho intramolecular Hbond substituents is 1. The molecular formula is C17H14N2NaO4S+. The predicted molar refractivity (Wildman–Crippen MR) is 90.8 cm³/mol. The van der Waals surface area contributed by atoms with Gasteiger partial charge in [-0.2, -0.15) is 13.5 Å². The normalized spacial score (nSPS) is 11.6. The SMILES string of the molecule is Cc1cc(N=Nc2ccc(S(=O)(=O)O)c3ccccc23)ccc1O.[Na+]. The van der Waals surface area contributed by atoms with Crippen molar-refractivity contribution in [2.24, 2.45) is 10.2 Å². The van der Waals surface area contributed by atoms with Gasteiger partial charge >= 0.3 is 29.6 Å². The van der Waals surface area contributed by atoms with Gasteiger partial charge in [0.1, 0.15) is 10.6 Å². The summed E-state index contributed by atoms with van der Waals surface area (Å²) in [5.41, 5.74) is 1.72. The Morgan fingerprint density at radius 3 is 2.24 bits per heavy atom. The van der Waals surface area contributed by atoms with E-state index in [0.717, 1.165) is 0 Å². The van der Waals surface area contributed by atoms with E-state index >= 15 is 0 Å². The number of phenols is 1. The molecule has 0 bridgehead atoms. The maximum atomic E-state index is 11.5. The van der Waals surface area contributed by atoms with Crippen LogP contribution in [0.2, 0.25) is 0 Å². The van der Waals surface area contributed by atoms with Crippen molar-refractivity contribution in [3.8, 4) is 5.75 Å². The van der Waals surface area contributed by atoms with Crippen molar-refractivity contribution in [3.63, 3.8) is 0 Å². The van der Waals surface area contributed by atoms with Gasteiger partial charge in [-0.1, -0.05) is 24.3 Å². The molecule has 0 aliphatic rings. The van der Waals surface area contributed by atoms with E-state index in [0.29, 0.717) is 27.7 Å². The topological polar surface area (TPSA) is 99.3 Å². The third-order valence-electron chi connectivity index (χ3n) is 3.59. The van der Waals surface area contributed by atoms with Crippen LogP contribution in [0.5, 0.6) is 5.75 Å². The molecule has 2 N–H and O–H groups in total. The second kappa shape index (κ2) is 7.63. The van der Waals surface area contributed by atoms with Gasteiger partial charge in [-0.25, -0.2) is 0 Å². The van der Waals surface area contributed by atoms with Gasteiger partial charge in [0, 0.05) is 10.8 Å². The van der Waals surface area contributed by atoms with E-state index in [1.54, 1.807) is 43.3 Å². The van der Waals surface area contributed by atoms with Gasteiger partial charge in [0.2, 0.25) is 0 Å². The third kappa shape index (κ3) is 4.26. The van der Waals surface area contributed by atoms with Gasteiger partial charge in [0.25, 0.3) is 10.1 Å². The number of rotatable bonds is 3. The fourth-order valence-electron chi connectivity index (χ4n) is 2.38. The molecule has 0 aliphatic carbocycles. The predicted octanol–water partition coefficient (Wildman–Crippen LogP) is 1.52. The number of azo groups is 1. The van der Waals surface area contributed by atoms with Crippen LogP contribution in [0.4, 0.5) is 11.4 Å². The van der Waals surface area contributed by atoms with Crippen LogP contribution in [0.25, 0.3) is 10.8 Å². The number of aromatic hydroxyl groups is 1. The average molecular weight is 365 g/mol. The van der Waals surface area contributed by atoms with Crippen LogP contribution in [0.15, 0.2) is 69.7 Å². The summed E-state index contributed by atoms with van der Waals surface area (Å²) in [5, 5.41) is 18.7. The molecule has 0 radical (unpaired) electrons. The minimum absolute atomic E-state index is 0. The molecule has 0 spiro atoms. The molecule has 0 saturated carbocycles. The monoisotopic (exact) mass is 365 g/mol. The molecular weight excluding hydrogens is 351 g/mol. The summed E-state index contributed by atoms with van der Waals surface area (Å²) in [6, 6.07) is 14.4. The van der Waals surface area contributed by atoms with E-state index in [1.807, 2.05) is 0 Å². The zero-order valence-electron chi connectivity index (χ0n) is 13.7. The number of hydrogen-bond donors (Lipinski definition) is 2. The van der Waals surface area contributed by atoms with Crippen LogP contribution in [0.3, 0.4) is 0 Å². The Kier molecular flexibility index (Phi) is 5.97. The smallest absolute Gasteiger partial charge is 0.508 e. The second-order valence-corrected chi connectivity index (χ2v) is 6.66. The molecule has 0 saturated heterocycles. The van der Waals surface area contributed by atoms with E-state index < -0.39 is 10.1 Å². The van der Waals surface area contributed by atoms with E-state index in [9.17, 15) is 18.1 Å². The summed E-state index contributed by atoms with van der Waals surface area (Å²) < 4.78 is 32.3. The van der Waals surface area contributed by atoms with E-state index in [2.05, 4.69) is 10.2 Å². The van der Waals surface area contributed by atoms with Crippen LogP contribution in [-0.2, 0) is 10.1 Å². The van der Waals surface area contributed by atoms with Gasteiger partial charge in [0.05, 0.1) is 11.4 Å². The fourth-order valence-corrected chi connectivity index (χ4v) is 3.08. The first kappa shape index (κ1) is 19.6. The third-order valence-corrected chi connectivity index (χ3v) is 4.50. The van der Waals surface area contributed by atoms with E-state index in [-0.39, 0.29) is 40.2 Å². The summed E-state index contributed by atoms with van der Waals surface area (Å²) in [7, 11) is -4.32. The molecule has 0 unspecified atom stereocenters. The molecule has 0 atom stereocenters. The van der Waals surface area contributed by atoms with Crippen molar-refractivity contribution in [3.05, 3.63) is 60.2 Å². The Balaban J connectivity index is 0.00000225. The molecule has 0 heterocycles. The summed E-state index contributed by atoms with van der Waals surface area (Å²) in [4.78, 5) is -0.169. The molecule has 6 nitrogen and oxygen atoms in total. The number of nitrogens with zero attached hydrogens (tertiary/aromatic N) is 2. The maximum Gasteiger partial charge on any atom is 1.00 e. The fraction of sp³-hybridized carbons (Fsp3) is 0.0588. The first-order valence-electron chi connectivity index (χ1n) is 7.07. The van der Waals surface area contributed by atoms with Crippen molar-refractivity contribution in [2.75, 3.05) is 0 Å². The maximum absolute atomic E-state index is 11.5. The van der Waals surface area contributed by atoms with Gasteiger partial charge in [-0.3, -0.25) is 4.55 Å². The molecule has 0 fully saturated rings. The minimum atomic E-state index is -4.32. The van der Waals surface area contributed by atoms with Crippen LogP contribution in [0, 0.1) is 6.92 Å². The summed E-state index contributed by atoms with van der Waals surface area (Å²) in [6.45, 7) is 1.75. The largest absolute Gasteiger partial charge is 1.00 e. The Morgan fingerprint density at radius 1 is 0.920 bits per heavy atom. The van der Waals surface area contributed by atoms with Crippen LogP contribution >= 0.6 is 0 Å². The second-order valence-electron chi connectivity index (χ2n) is 5.27. The number of hydrogen-bond acceptors (Lipinski definition) is 5. The molecule has 0 aromatic heterocycles. The molecule has 122 valence electrons. The number of aryl methyl sites for hydroxylation is 1. The number of benzene rings is 3. The quantitative estimate of drug-likeness (QED) is 0.418. The van der Waals surface area contributed by atoms with Crippen molar-refractivity contribution in [1.82, 2.24) is 0 Å². The van der Waals surface area contributed by atoms with E-state index in [4.69, 9.17) is 0 Å². The molecule has 3 aromatic rings. The summed E-state index contributed by atoms with van der Waals surface area (Å²) in [5.74, 6) is 0.178. The first-order valence-corrected chi connectivity index (χ1v) is 8.51. The Labute approximate surface area is 167 Å². The number of fused-ring (bicyclic) bond motifs is 1. The Hall–Kier alpha value is -1.77. The Bertz CT molecular complexity index is 1070. The van der Waals surface area contributed by atoms with Gasteiger partial charge in [0.15, 0.2) is 0 Å². The molecule has 0 aliphatic heterocycles. The molecule has 3 rings (SSSR count). The van der Waals surface area contributed by atoms with Crippen molar-refractivity contribution in [2.45, 2.75) is 11.8 Å². The van der Waals surface area contributed by atoms with Crippen LogP contribution in [-0.4, -0.2) is 18.1 Å². The van der Waals surface area contributed by atoms with Gasteiger partial charge < -0.3 is 5.11 Å². The van der Waals surface area contributed by atoms with E-state index in [1.165, 1.54) is 18.2 Å². The van der Waals surface area contributed by atoms with Gasteiger partial charge in [-0.15, -0.1) is 5.11 Å². The molecule has 8 heteroatoms. The van der Waals surface area contributed by atoms with Crippen LogP contribution < -0.4 is 29.6 Å². The summed E-state index contributed by atoms with van der Waals surface area (Å²) in [6.07, 6.45) is 0. The first-order chi connectivity index (χ1) is 11.4. The Morgan fingerprint density at radius 2 is 1.60 bits per heavy atom. The standard InChI is InChI=1S/C17H14N2O4S.Na/c1-11-10-12(6-8-16(11)20)18-19-15-7-9-17(24(21,22)23)14-5-3-2-4-13(14)15;/h2-10,20H,1H3,(H,21,22,23);/q;+1. The van der Waals surface area contributed by atoms with Crippen molar-refractivity contribution < 1.29 is 47.6 Å². The summed E-state index contributed by atoms with van der Waals surface area (Å²) >= 11 is 0. The van der Waals surface area contributed by atoms with Gasteiger partial charge in [-0.05, 0) is 42.8 Å².